The van der Waals surface area contributed by atoms with Gasteiger partial charge in [0.1, 0.15) is 0 Å². The molecule has 0 bridgehead atoms. The van der Waals surface area contributed by atoms with Crippen LogP contribution in [0.4, 0.5) is 0 Å². The van der Waals surface area contributed by atoms with Crippen molar-refractivity contribution in [2.24, 2.45) is 17.1 Å². The monoisotopic (exact) mass is 213 g/mol. The van der Waals surface area contributed by atoms with Gasteiger partial charge in [-0.3, -0.25) is 0 Å². The van der Waals surface area contributed by atoms with Gasteiger partial charge < -0.3 is 10.5 Å². The number of ether oxygens (including phenoxy) is 1. The number of nitrogens with two attached hydrogens (primary N) is 1. The van der Waals surface area contributed by atoms with Crippen LogP contribution in [0.2, 0.25) is 0 Å². The third-order valence-corrected chi connectivity index (χ3v) is 3.44. The average molecular weight is 213 g/mol. The molecule has 2 nitrogen and oxygen atoms in total. The predicted molar refractivity (Wildman–Crippen MR) is 64.8 cm³/mol. The van der Waals surface area contributed by atoms with Crippen molar-refractivity contribution in [1.29, 1.82) is 0 Å². The Kier molecular flexibility index (Phi) is 5.07. The minimum Gasteiger partial charge on any atom is -0.376 e. The van der Waals surface area contributed by atoms with Crippen LogP contribution in [0.5, 0.6) is 0 Å². The van der Waals surface area contributed by atoms with Crippen LogP contribution in [0.15, 0.2) is 0 Å². The van der Waals surface area contributed by atoms with E-state index >= 15 is 0 Å². The molecule has 0 radical (unpaired) electrons. The van der Waals surface area contributed by atoms with Gasteiger partial charge in [0.15, 0.2) is 0 Å². The molecule has 1 saturated carbocycles. The molecule has 90 valence electrons. The van der Waals surface area contributed by atoms with Gasteiger partial charge in [0, 0.05) is 13.2 Å². The number of rotatable bonds is 4. The molecule has 0 aliphatic heterocycles. The van der Waals surface area contributed by atoms with E-state index in [1.807, 2.05) is 0 Å². The second-order valence-corrected chi connectivity index (χ2v) is 5.93. The summed E-state index contributed by atoms with van der Waals surface area (Å²) in [6, 6.07) is 0. The van der Waals surface area contributed by atoms with Crippen LogP contribution in [-0.4, -0.2) is 19.3 Å². The molecular formula is C13H27NO. The fraction of sp³-hybridized carbons (Fsp3) is 1.00. The summed E-state index contributed by atoms with van der Waals surface area (Å²) < 4.78 is 5.97. The minimum atomic E-state index is 0.170. The molecule has 1 fully saturated rings. The molecule has 0 aromatic carbocycles. The van der Waals surface area contributed by atoms with E-state index in [2.05, 4.69) is 20.8 Å². The smallest absolute Gasteiger partial charge is 0.0745 e. The molecule has 2 N–H and O–H groups in total. The highest BCUT2D eigenvalue weighted by atomic mass is 16.5. The zero-order valence-electron chi connectivity index (χ0n) is 10.6. The fourth-order valence-corrected chi connectivity index (χ4v) is 2.28. The molecule has 0 spiro atoms. The lowest BCUT2D eigenvalue weighted by Gasteiger charge is -2.32. The molecule has 1 unspecified atom stereocenters. The predicted octanol–water partition coefficient (Wildman–Crippen LogP) is 2.96. The molecule has 1 aliphatic rings. The van der Waals surface area contributed by atoms with Gasteiger partial charge in [-0.25, -0.2) is 0 Å². The van der Waals surface area contributed by atoms with Crippen molar-refractivity contribution in [2.75, 3.05) is 13.2 Å². The van der Waals surface area contributed by atoms with E-state index in [4.69, 9.17) is 10.5 Å². The van der Waals surface area contributed by atoms with Crippen molar-refractivity contribution in [3.8, 4) is 0 Å². The fourth-order valence-electron chi connectivity index (χ4n) is 2.28. The summed E-state index contributed by atoms with van der Waals surface area (Å²) in [6.07, 6.45) is 7.09. The summed E-state index contributed by atoms with van der Waals surface area (Å²) in [5, 5.41) is 0. The van der Waals surface area contributed by atoms with E-state index in [0.29, 0.717) is 6.54 Å². The zero-order valence-corrected chi connectivity index (χ0v) is 10.6. The van der Waals surface area contributed by atoms with Gasteiger partial charge in [-0.15, -0.1) is 0 Å². The van der Waals surface area contributed by atoms with Crippen molar-refractivity contribution in [3.63, 3.8) is 0 Å². The lowest BCUT2D eigenvalue weighted by Crippen LogP contribution is -2.37. The molecule has 0 amide bonds. The Hall–Kier alpha value is -0.0800. The van der Waals surface area contributed by atoms with Gasteiger partial charge in [0.25, 0.3) is 0 Å². The van der Waals surface area contributed by atoms with Crippen LogP contribution >= 0.6 is 0 Å². The number of hydrogen-bond acceptors (Lipinski definition) is 2. The zero-order chi connectivity index (χ0) is 11.3. The third kappa shape index (κ3) is 4.52. The van der Waals surface area contributed by atoms with Crippen molar-refractivity contribution in [1.82, 2.24) is 0 Å². The Morgan fingerprint density at radius 1 is 1.20 bits per heavy atom. The normalized spacial score (nSPS) is 21.6. The van der Waals surface area contributed by atoms with Crippen molar-refractivity contribution in [3.05, 3.63) is 0 Å². The Balaban J connectivity index is 2.27. The van der Waals surface area contributed by atoms with Gasteiger partial charge >= 0.3 is 0 Å². The van der Waals surface area contributed by atoms with Crippen LogP contribution in [0, 0.1) is 11.3 Å². The van der Waals surface area contributed by atoms with Crippen molar-refractivity contribution < 1.29 is 4.74 Å². The van der Waals surface area contributed by atoms with Crippen LogP contribution < -0.4 is 5.73 Å². The van der Waals surface area contributed by atoms with Gasteiger partial charge in [-0.2, -0.15) is 0 Å². The summed E-state index contributed by atoms with van der Waals surface area (Å²) in [6.45, 7) is 8.15. The van der Waals surface area contributed by atoms with Gasteiger partial charge in [0.2, 0.25) is 0 Å². The standard InChI is InChI=1S/C13H27NO/c1-13(2,3)12(9-14)15-10-11-7-5-4-6-8-11/h11-12H,4-10,14H2,1-3H3. The molecule has 2 heteroatoms. The molecule has 1 aliphatic carbocycles. The molecule has 0 saturated heterocycles. The van der Waals surface area contributed by atoms with Crippen LogP contribution in [0.3, 0.4) is 0 Å². The molecule has 0 heterocycles. The van der Waals surface area contributed by atoms with Gasteiger partial charge in [-0.1, -0.05) is 40.0 Å². The first kappa shape index (κ1) is 13.0. The summed E-state index contributed by atoms with van der Waals surface area (Å²) in [7, 11) is 0. The molecule has 15 heavy (non-hydrogen) atoms. The molecular weight excluding hydrogens is 186 g/mol. The first-order valence-corrected chi connectivity index (χ1v) is 6.35. The maximum atomic E-state index is 5.97. The van der Waals surface area contributed by atoms with Crippen LogP contribution in [-0.2, 0) is 4.74 Å². The van der Waals surface area contributed by atoms with E-state index < -0.39 is 0 Å². The lowest BCUT2D eigenvalue weighted by atomic mass is 9.88. The summed E-state index contributed by atoms with van der Waals surface area (Å²) in [4.78, 5) is 0. The second kappa shape index (κ2) is 5.86. The highest BCUT2D eigenvalue weighted by Gasteiger charge is 2.25. The van der Waals surface area contributed by atoms with Crippen molar-refractivity contribution >= 4 is 0 Å². The van der Waals surface area contributed by atoms with E-state index in [9.17, 15) is 0 Å². The average Bonchev–Trinajstić information content (AvgIpc) is 2.18. The Bertz CT molecular complexity index is 168. The third-order valence-electron chi connectivity index (χ3n) is 3.44. The Morgan fingerprint density at radius 3 is 2.27 bits per heavy atom. The molecule has 1 atom stereocenters. The first-order valence-electron chi connectivity index (χ1n) is 6.35. The highest BCUT2D eigenvalue weighted by Crippen LogP contribution is 2.27. The minimum absolute atomic E-state index is 0.170. The molecule has 0 aromatic rings. The van der Waals surface area contributed by atoms with E-state index in [0.717, 1.165) is 12.5 Å². The maximum absolute atomic E-state index is 5.97. The van der Waals surface area contributed by atoms with Gasteiger partial charge in [-0.05, 0) is 24.2 Å². The van der Waals surface area contributed by atoms with Gasteiger partial charge in [0.05, 0.1) is 6.10 Å². The summed E-state index contributed by atoms with van der Waals surface area (Å²) >= 11 is 0. The van der Waals surface area contributed by atoms with E-state index in [-0.39, 0.29) is 11.5 Å². The van der Waals surface area contributed by atoms with Crippen LogP contribution in [0.25, 0.3) is 0 Å². The SMILES string of the molecule is CC(C)(C)C(CN)OCC1CCCCC1. The number of hydrogen-bond donors (Lipinski definition) is 1. The highest BCUT2D eigenvalue weighted by molar-refractivity contribution is 4.76. The molecule has 1 rings (SSSR count). The summed E-state index contributed by atoms with van der Waals surface area (Å²) in [5.41, 5.74) is 5.92. The largest absolute Gasteiger partial charge is 0.376 e. The Morgan fingerprint density at radius 2 is 1.80 bits per heavy atom. The Labute approximate surface area is 94.6 Å². The second-order valence-electron chi connectivity index (χ2n) is 5.93. The van der Waals surface area contributed by atoms with Crippen LogP contribution in [0.1, 0.15) is 52.9 Å². The lowest BCUT2D eigenvalue weighted by molar-refractivity contribution is -0.0323. The van der Waals surface area contributed by atoms with Crippen molar-refractivity contribution in [2.45, 2.75) is 59.0 Å². The quantitative estimate of drug-likeness (QED) is 0.779. The van der Waals surface area contributed by atoms with E-state index in [1.54, 1.807) is 0 Å². The maximum Gasteiger partial charge on any atom is 0.0745 e. The summed E-state index contributed by atoms with van der Waals surface area (Å²) in [5.74, 6) is 0.787. The first-order chi connectivity index (χ1) is 7.04. The molecule has 0 aromatic heterocycles. The van der Waals surface area contributed by atoms with E-state index in [1.165, 1.54) is 32.1 Å². The topological polar surface area (TPSA) is 35.2 Å².